The largest absolute Gasteiger partial charge is 0.477 e. The van der Waals surface area contributed by atoms with E-state index in [-0.39, 0.29) is 11.5 Å². The molecule has 7 heteroatoms. The van der Waals surface area contributed by atoms with E-state index in [0.717, 1.165) is 37.0 Å². The molecule has 4 saturated carbocycles. The normalized spacial score (nSPS) is 31.9. The zero-order chi connectivity index (χ0) is 18.5. The van der Waals surface area contributed by atoms with Gasteiger partial charge in [-0.05, 0) is 61.7 Å². The highest BCUT2D eigenvalue weighted by Crippen LogP contribution is 2.59. The summed E-state index contributed by atoms with van der Waals surface area (Å²) >= 11 is 0. The smallest absolute Gasteiger partial charge is 0.257 e. The lowest BCUT2D eigenvalue weighted by Crippen LogP contribution is -2.51. The number of amides is 1. The number of hydrogen-bond donors (Lipinski definition) is 1. The molecule has 5 rings (SSSR count). The van der Waals surface area contributed by atoms with Crippen LogP contribution in [-0.2, 0) is 4.79 Å². The average Bonchev–Trinajstić information content (AvgIpc) is 2.57. The maximum atomic E-state index is 13.5. The SMILES string of the molecule is O=C(COc1c(F)c(F)cc(F)c1F)NCC12CC3CC(CC(C3)C1)C2. The Morgan fingerprint density at radius 1 is 1.00 bits per heavy atom. The predicted molar refractivity (Wildman–Crippen MR) is 85.4 cm³/mol. The molecule has 0 heterocycles. The Kier molecular flexibility index (Phi) is 4.35. The molecule has 1 aromatic carbocycles. The summed E-state index contributed by atoms with van der Waals surface area (Å²) in [6.07, 6.45) is 7.20. The molecule has 0 atom stereocenters. The summed E-state index contributed by atoms with van der Waals surface area (Å²) in [5.41, 5.74) is 0.117. The molecule has 26 heavy (non-hydrogen) atoms. The van der Waals surface area contributed by atoms with Gasteiger partial charge in [0, 0.05) is 12.6 Å². The van der Waals surface area contributed by atoms with Crippen molar-refractivity contribution in [2.75, 3.05) is 13.2 Å². The van der Waals surface area contributed by atoms with Crippen molar-refractivity contribution in [1.82, 2.24) is 5.32 Å². The molecule has 0 radical (unpaired) electrons. The van der Waals surface area contributed by atoms with Gasteiger partial charge in [0.2, 0.25) is 11.6 Å². The van der Waals surface area contributed by atoms with Crippen LogP contribution in [-0.4, -0.2) is 19.1 Å². The highest BCUT2D eigenvalue weighted by Gasteiger charge is 2.50. The van der Waals surface area contributed by atoms with Crippen molar-refractivity contribution in [3.8, 4) is 5.75 Å². The van der Waals surface area contributed by atoms with Crippen LogP contribution in [0, 0.1) is 46.4 Å². The van der Waals surface area contributed by atoms with Crippen LogP contribution in [0.3, 0.4) is 0 Å². The quantitative estimate of drug-likeness (QED) is 0.629. The molecule has 0 aromatic heterocycles. The minimum Gasteiger partial charge on any atom is -0.477 e. The molecule has 0 saturated heterocycles. The Morgan fingerprint density at radius 2 is 1.50 bits per heavy atom. The second-order valence-corrected chi connectivity index (χ2v) is 8.28. The van der Waals surface area contributed by atoms with Crippen LogP contribution >= 0.6 is 0 Å². The van der Waals surface area contributed by atoms with Gasteiger partial charge in [0.05, 0.1) is 0 Å². The zero-order valence-electron chi connectivity index (χ0n) is 14.3. The van der Waals surface area contributed by atoms with E-state index in [4.69, 9.17) is 4.74 Å². The van der Waals surface area contributed by atoms with E-state index in [1.54, 1.807) is 0 Å². The van der Waals surface area contributed by atoms with Crippen molar-refractivity contribution < 1.29 is 27.1 Å². The molecule has 4 aliphatic carbocycles. The highest BCUT2D eigenvalue weighted by atomic mass is 19.2. The Labute approximate surface area is 149 Å². The topological polar surface area (TPSA) is 38.3 Å². The van der Waals surface area contributed by atoms with Crippen LogP contribution in [0.2, 0.25) is 0 Å². The van der Waals surface area contributed by atoms with Crippen molar-refractivity contribution in [3.05, 3.63) is 29.3 Å². The molecule has 4 aliphatic rings. The Hall–Kier alpha value is -1.79. The summed E-state index contributed by atoms with van der Waals surface area (Å²) in [6, 6.07) is 0.102. The van der Waals surface area contributed by atoms with E-state index < -0.39 is 41.5 Å². The van der Waals surface area contributed by atoms with E-state index in [1.165, 1.54) is 19.3 Å². The van der Waals surface area contributed by atoms with Crippen molar-refractivity contribution >= 4 is 5.91 Å². The van der Waals surface area contributed by atoms with Gasteiger partial charge in [-0.2, -0.15) is 8.78 Å². The number of halogens is 4. The molecule has 0 aliphatic heterocycles. The number of carbonyl (C=O) groups is 1. The lowest BCUT2D eigenvalue weighted by Gasteiger charge is -2.56. The molecule has 4 bridgehead atoms. The molecule has 0 spiro atoms. The highest BCUT2D eigenvalue weighted by molar-refractivity contribution is 5.77. The fourth-order valence-electron chi connectivity index (χ4n) is 5.66. The predicted octanol–water partition coefficient (Wildman–Crippen LogP) is 3.95. The molecule has 4 fully saturated rings. The van der Waals surface area contributed by atoms with Crippen LogP contribution in [0.5, 0.6) is 5.75 Å². The van der Waals surface area contributed by atoms with E-state index in [1.807, 2.05) is 0 Å². The van der Waals surface area contributed by atoms with Gasteiger partial charge in [0.1, 0.15) is 0 Å². The van der Waals surface area contributed by atoms with Crippen molar-refractivity contribution in [2.45, 2.75) is 38.5 Å². The number of ether oxygens (including phenoxy) is 1. The van der Waals surface area contributed by atoms with Gasteiger partial charge >= 0.3 is 0 Å². The lowest BCUT2D eigenvalue weighted by atomic mass is 9.49. The number of nitrogens with one attached hydrogen (secondary N) is 1. The van der Waals surface area contributed by atoms with Crippen LogP contribution in [0.15, 0.2) is 6.07 Å². The summed E-state index contributed by atoms with van der Waals surface area (Å²) in [6.45, 7) is -0.176. The fourth-order valence-corrected chi connectivity index (χ4v) is 5.66. The van der Waals surface area contributed by atoms with E-state index in [9.17, 15) is 22.4 Å². The third-order valence-corrected chi connectivity index (χ3v) is 6.24. The first kappa shape index (κ1) is 17.6. The van der Waals surface area contributed by atoms with Crippen LogP contribution < -0.4 is 10.1 Å². The Bertz CT molecular complexity index is 675. The zero-order valence-corrected chi connectivity index (χ0v) is 14.3. The minimum absolute atomic E-state index is 0.102. The fraction of sp³-hybridized carbons (Fsp3) is 0.632. The lowest BCUT2D eigenvalue weighted by molar-refractivity contribution is -0.125. The number of hydrogen-bond acceptors (Lipinski definition) is 2. The van der Waals surface area contributed by atoms with Crippen LogP contribution in [0.1, 0.15) is 38.5 Å². The second kappa shape index (κ2) is 6.43. The van der Waals surface area contributed by atoms with Crippen molar-refractivity contribution in [3.63, 3.8) is 0 Å². The van der Waals surface area contributed by atoms with Gasteiger partial charge < -0.3 is 10.1 Å². The maximum absolute atomic E-state index is 13.5. The maximum Gasteiger partial charge on any atom is 0.257 e. The summed E-state index contributed by atoms with van der Waals surface area (Å²) < 4.78 is 58.1. The molecule has 1 aromatic rings. The third kappa shape index (κ3) is 3.16. The number of rotatable bonds is 5. The standard InChI is InChI=1S/C19H21F4NO2/c20-13-4-14(21)17(23)18(16(13)22)26-8-15(25)24-9-19-5-10-1-11(6-19)3-12(2-10)7-19/h4,10-12H,1-3,5-9H2,(H,24,25). The number of carbonyl (C=O) groups excluding carboxylic acids is 1. The second-order valence-electron chi connectivity index (χ2n) is 8.28. The van der Waals surface area contributed by atoms with E-state index in [2.05, 4.69) is 5.32 Å². The van der Waals surface area contributed by atoms with Crippen LogP contribution in [0.4, 0.5) is 17.6 Å². The molecule has 3 nitrogen and oxygen atoms in total. The molecule has 0 unspecified atom stereocenters. The first-order valence-corrected chi connectivity index (χ1v) is 9.08. The van der Waals surface area contributed by atoms with Gasteiger partial charge in [-0.15, -0.1) is 0 Å². The van der Waals surface area contributed by atoms with E-state index >= 15 is 0 Å². The van der Waals surface area contributed by atoms with Gasteiger partial charge in [0.25, 0.3) is 5.91 Å². The summed E-state index contributed by atoms with van der Waals surface area (Å²) in [5, 5.41) is 2.78. The van der Waals surface area contributed by atoms with E-state index in [0.29, 0.717) is 6.54 Å². The van der Waals surface area contributed by atoms with Gasteiger partial charge in [-0.3, -0.25) is 4.79 Å². The van der Waals surface area contributed by atoms with Crippen LogP contribution in [0.25, 0.3) is 0 Å². The minimum atomic E-state index is -1.64. The number of benzene rings is 1. The Morgan fingerprint density at radius 3 is 2.00 bits per heavy atom. The molecule has 1 N–H and O–H groups in total. The molecule has 142 valence electrons. The molecule has 1 amide bonds. The van der Waals surface area contributed by atoms with Gasteiger partial charge in [-0.25, -0.2) is 8.78 Å². The average molecular weight is 371 g/mol. The van der Waals surface area contributed by atoms with Crippen molar-refractivity contribution in [1.29, 1.82) is 0 Å². The summed E-state index contributed by atoms with van der Waals surface area (Å²) in [4.78, 5) is 12.0. The van der Waals surface area contributed by atoms with Gasteiger partial charge in [-0.1, -0.05) is 0 Å². The molecular formula is C19H21F4NO2. The van der Waals surface area contributed by atoms with Gasteiger partial charge in [0.15, 0.2) is 24.0 Å². The molecular weight excluding hydrogens is 350 g/mol. The third-order valence-electron chi connectivity index (χ3n) is 6.24. The summed E-state index contributed by atoms with van der Waals surface area (Å²) in [7, 11) is 0. The first-order valence-electron chi connectivity index (χ1n) is 9.08. The Balaban J connectivity index is 1.34. The summed E-state index contributed by atoms with van der Waals surface area (Å²) in [5.74, 6) is -5.93. The monoisotopic (exact) mass is 371 g/mol. The van der Waals surface area contributed by atoms with Crippen molar-refractivity contribution in [2.24, 2.45) is 23.2 Å². The first-order chi connectivity index (χ1) is 12.3.